The molecule has 98 valence electrons. The zero-order valence-electron chi connectivity index (χ0n) is 9.77. The Kier molecular flexibility index (Phi) is 3.97. The Balaban J connectivity index is 2.07. The number of hydrogen-bond donors (Lipinski definition) is 1. The van der Waals surface area contributed by atoms with Crippen molar-refractivity contribution in [1.82, 2.24) is 4.98 Å². The molecule has 4 nitrogen and oxygen atoms in total. The van der Waals surface area contributed by atoms with E-state index in [1.54, 1.807) is 6.07 Å². The number of ether oxygens (including phenoxy) is 1. The summed E-state index contributed by atoms with van der Waals surface area (Å²) in [6.07, 6.45) is 2.48. The number of anilines is 1. The fraction of sp³-hybridized carbons (Fsp3) is 0.0769. The Hall–Kier alpha value is -2.14. The summed E-state index contributed by atoms with van der Waals surface area (Å²) in [4.78, 5) is 15.5. The zero-order chi connectivity index (χ0) is 13.8. The highest BCUT2D eigenvalue weighted by Gasteiger charge is 2.12. The second kappa shape index (κ2) is 5.67. The maximum absolute atomic E-state index is 12.9. The standard InChI is InChI=1S/C13H10ClFN2O2/c14-12-2-1-10(16)4-11(12)13(18)19-7-8-3-9(15)6-17-5-8/h1-6H,7,16H2. The third kappa shape index (κ3) is 3.42. The first kappa shape index (κ1) is 13.3. The molecule has 0 atom stereocenters. The second-order valence-electron chi connectivity index (χ2n) is 3.83. The summed E-state index contributed by atoms with van der Waals surface area (Å²) in [7, 11) is 0. The third-order valence-electron chi connectivity index (χ3n) is 2.34. The number of aromatic nitrogens is 1. The van der Waals surface area contributed by atoms with Gasteiger partial charge < -0.3 is 10.5 Å². The number of halogens is 2. The number of hydrogen-bond acceptors (Lipinski definition) is 4. The molecule has 1 aromatic heterocycles. The molecule has 0 spiro atoms. The molecular formula is C13H10ClFN2O2. The van der Waals surface area contributed by atoms with Crippen molar-refractivity contribution in [2.75, 3.05) is 5.73 Å². The highest BCUT2D eigenvalue weighted by Crippen LogP contribution is 2.20. The van der Waals surface area contributed by atoms with Crippen LogP contribution in [0.1, 0.15) is 15.9 Å². The van der Waals surface area contributed by atoms with Crippen LogP contribution in [0.25, 0.3) is 0 Å². The molecule has 2 N–H and O–H groups in total. The maximum atomic E-state index is 12.9. The van der Waals surface area contributed by atoms with Crippen molar-refractivity contribution >= 4 is 23.3 Å². The first-order chi connectivity index (χ1) is 9.06. The van der Waals surface area contributed by atoms with Gasteiger partial charge in [0.2, 0.25) is 0 Å². The smallest absolute Gasteiger partial charge is 0.340 e. The minimum absolute atomic E-state index is 0.0886. The summed E-state index contributed by atoms with van der Waals surface area (Å²) < 4.78 is 17.9. The molecule has 0 saturated heterocycles. The molecule has 2 aromatic rings. The van der Waals surface area contributed by atoms with E-state index in [-0.39, 0.29) is 17.2 Å². The Labute approximate surface area is 114 Å². The molecular weight excluding hydrogens is 271 g/mol. The van der Waals surface area contributed by atoms with Gasteiger partial charge in [-0.25, -0.2) is 9.18 Å². The van der Waals surface area contributed by atoms with Crippen LogP contribution in [0.4, 0.5) is 10.1 Å². The van der Waals surface area contributed by atoms with Crippen LogP contribution in [0.3, 0.4) is 0 Å². The fourth-order valence-corrected chi connectivity index (χ4v) is 1.66. The number of nitrogens with zero attached hydrogens (tertiary/aromatic N) is 1. The van der Waals surface area contributed by atoms with E-state index in [1.165, 1.54) is 24.4 Å². The highest BCUT2D eigenvalue weighted by atomic mass is 35.5. The van der Waals surface area contributed by atoms with E-state index in [1.807, 2.05) is 0 Å². The average Bonchev–Trinajstić information content (AvgIpc) is 2.39. The van der Waals surface area contributed by atoms with Crippen molar-refractivity contribution in [3.05, 3.63) is 58.6 Å². The lowest BCUT2D eigenvalue weighted by molar-refractivity contribution is 0.0472. The summed E-state index contributed by atoms with van der Waals surface area (Å²) >= 11 is 5.87. The van der Waals surface area contributed by atoms with Crippen LogP contribution >= 0.6 is 11.6 Å². The molecule has 0 aliphatic carbocycles. The number of nitrogens with two attached hydrogens (primary N) is 1. The first-order valence-electron chi connectivity index (χ1n) is 5.38. The summed E-state index contributed by atoms with van der Waals surface area (Å²) in [5.41, 5.74) is 6.60. The van der Waals surface area contributed by atoms with Gasteiger partial charge in [-0.3, -0.25) is 4.98 Å². The molecule has 1 aromatic carbocycles. The predicted molar refractivity (Wildman–Crippen MR) is 69.2 cm³/mol. The number of pyridine rings is 1. The lowest BCUT2D eigenvalue weighted by Crippen LogP contribution is -2.07. The number of nitrogen functional groups attached to an aromatic ring is 1. The topological polar surface area (TPSA) is 65.2 Å². The van der Waals surface area contributed by atoms with Gasteiger partial charge in [-0.05, 0) is 24.3 Å². The highest BCUT2D eigenvalue weighted by molar-refractivity contribution is 6.33. The molecule has 6 heteroatoms. The summed E-state index contributed by atoms with van der Waals surface area (Å²) in [6, 6.07) is 5.75. The quantitative estimate of drug-likeness (QED) is 0.693. The Morgan fingerprint density at radius 3 is 2.89 bits per heavy atom. The summed E-state index contributed by atoms with van der Waals surface area (Å²) in [6.45, 7) is -0.0886. The molecule has 0 aliphatic rings. The largest absolute Gasteiger partial charge is 0.457 e. The average molecular weight is 281 g/mol. The van der Waals surface area contributed by atoms with Gasteiger partial charge in [0.05, 0.1) is 16.8 Å². The van der Waals surface area contributed by atoms with E-state index in [4.69, 9.17) is 22.1 Å². The molecule has 2 rings (SSSR count). The van der Waals surface area contributed by atoms with Crippen LogP contribution in [0.2, 0.25) is 5.02 Å². The molecule has 0 amide bonds. The molecule has 19 heavy (non-hydrogen) atoms. The summed E-state index contributed by atoms with van der Waals surface area (Å²) in [5, 5.41) is 0.247. The van der Waals surface area contributed by atoms with E-state index >= 15 is 0 Å². The van der Waals surface area contributed by atoms with Crippen LogP contribution in [0.5, 0.6) is 0 Å². The van der Waals surface area contributed by atoms with Crippen LogP contribution in [-0.4, -0.2) is 11.0 Å². The fourth-order valence-electron chi connectivity index (χ4n) is 1.46. The van der Waals surface area contributed by atoms with Gasteiger partial charge in [0.15, 0.2) is 0 Å². The minimum Gasteiger partial charge on any atom is -0.457 e. The van der Waals surface area contributed by atoms with E-state index in [0.717, 1.165) is 6.20 Å². The van der Waals surface area contributed by atoms with Crippen LogP contribution in [0, 0.1) is 5.82 Å². The van der Waals surface area contributed by atoms with Gasteiger partial charge in [-0.1, -0.05) is 11.6 Å². The number of carbonyl (C=O) groups is 1. The van der Waals surface area contributed by atoms with Crippen LogP contribution < -0.4 is 5.73 Å². The second-order valence-corrected chi connectivity index (χ2v) is 4.23. The Morgan fingerprint density at radius 1 is 1.37 bits per heavy atom. The molecule has 0 fully saturated rings. The molecule has 0 radical (unpaired) electrons. The molecule has 1 heterocycles. The lowest BCUT2D eigenvalue weighted by Gasteiger charge is -2.07. The molecule has 0 saturated carbocycles. The Morgan fingerprint density at radius 2 is 2.16 bits per heavy atom. The van der Waals surface area contributed by atoms with Gasteiger partial charge in [0.25, 0.3) is 0 Å². The van der Waals surface area contributed by atoms with Crippen molar-refractivity contribution in [2.24, 2.45) is 0 Å². The minimum atomic E-state index is -0.624. The van der Waals surface area contributed by atoms with E-state index in [9.17, 15) is 9.18 Å². The van der Waals surface area contributed by atoms with E-state index in [0.29, 0.717) is 11.3 Å². The summed E-state index contributed by atoms with van der Waals surface area (Å²) in [5.74, 6) is -1.11. The van der Waals surface area contributed by atoms with Crippen molar-refractivity contribution in [2.45, 2.75) is 6.61 Å². The normalized spacial score (nSPS) is 10.2. The first-order valence-corrected chi connectivity index (χ1v) is 5.75. The maximum Gasteiger partial charge on any atom is 0.340 e. The van der Waals surface area contributed by atoms with Crippen LogP contribution in [0.15, 0.2) is 36.7 Å². The monoisotopic (exact) mass is 280 g/mol. The zero-order valence-corrected chi connectivity index (χ0v) is 10.5. The van der Waals surface area contributed by atoms with Gasteiger partial charge in [-0.15, -0.1) is 0 Å². The van der Waals surface area contributed by atoms with Crippen molar-refractivity contribution in [3.63, 3.8) is 0 Å². The van der Waals surface area contributed by atoms with E-state index in [2.05, 4.69) is 4.98 Å². The molecule has 0 bridgehead atoms. The van der Waals surface area contributed by atoms with Crippen LogP contribution in [-0.2, 0) is 11.3 Å². The predicted octanol–water partition coefficient (Wildman–Crippen LogP) is 2.81. The van der Waals surface area contributed by atoms with Crippen molar-refractivity contribution < 1.29 is 13.9 Å². The lowest BCUT2D eigenvalue weighted by atomic mass is 10.2. The van der Waals surface area contributed by atoms with Crippen molar-refractivity contribution in [1.29, 1.82) is 0 Å². The number of rotatable bonds is 3. The van der Waals surface area contributed by atoms with Crippen molar-refractivity contribution in [3.8, 4) is 0 Å². The molecule has 0 unspecified atom stereocenters. The SMILES string of the molecule is Nc1ccc(Cl)c(C(=O)OCc2cncc(F)c2)c1. The van der Waals surface area contributed by atoms with Gasteiger partial charge >= 0.3 is 5.97 Å². The van der Waals surface area contributed by atoms with Gasteiger partial charge in [0.1, 0.15) is 12.4 Å². The Bertz CT molecular complexity index is 619. The van der Waals surface area contributed by atoms with E-state index < -0.39 is 11.8 Å². The van der Waals surface area contributed by atoms with Gasteiger partial charge in [-0.2, -0.15) is 0 Å². The number of esters is 1. The number of carbonyl (C=O) groups excluding carboxylic acids is 1. The number of benzene rings is 1. The molecule has 0 aliphatic heterocycles. The third-order valence-corrected chi connectivity index (χ3v) is 2.67. The van der Waals surface area contributed by atoms with Gasteiger partial charge in [0, 0.05) is 17.4 Å².